The summed E-state index contributed by atoms with van der Waals surface area (Å²) in [4.78, 5) is 4.66. The van der Waals surface area contributed by atoms with Crippen molar-refractivity contribution in [2.45, 2.75) is 32.7 Å². The van der Waals surface area contributed by atoms with Gasteiger partial charge in [-0.3, -0.25) is 0 Å². The Morgan fingerprint density at radius 1 is 1.35 bits per heavy atom. The molecule has 17 heavy (non-hydrogen) atoms. The first kappa shape index (κ1) is 12.4. The van der Waals surface area contributed by atoms with E-state index in [1.165, 1.54) is 0 Å². The van der Waals surface area contributed by atoms with Crippen LogP contribution in [0.15, 0.2) is 18.2 Å². The summed E-state index contributed by atoms with van der Waals surface area (Å²) in [6, 6.07) is 6.15. The Labute approximate surface area is 107 Å². The second kappa shape index (κ2) is 4.67. The number of imidazole rings is 1. The third kappa shape index (κ3) is 2.05. The molecule has 1 aromatic heterocycles. The lowest BCUT2D eigenvalue weighted by Crippen LogP contribution is -2.16. The summed E-state index contributed by atoms with van der Waals surface area (Å²) in [5.41, 5.74) is 7.71. The molecule has 0 fully saturated rings. The lowest BCUT2D eigenvalue weighted by Gasteiger charge is -2.16. The Hall–Kier alpha value is -1.06. The van der Waals surface area contributed by atoms with Gasteiger partial charge in [-0.15, -0.1) is 0 Å². The van der Waals surface area contributed by atoms with Gasteiger partial charge < -0.3 is 10.3 Å². The Kier molecular flexibility index (Phi) is 3.40. The zero-order chi connectivity index (χ0) is 12.6. The molecule has 1 unspecified atom stereocenters. The number of benzene rings is 1. The van der Waals surface area contributed by atoms with Gasteiger partial charge in [0.05, 0.1) is 16.1 Å². The first-order valence-corrected chi connectivity index (χ1v) is 6.30. The highest BCUT2D eigenvalue weighted by Gasteiger charge is 2.18. The highest BCUT2D eigenvalue weighted by atomic mass is 35.5. The maximum Gasteiger partial charge on any atom is 0.114 e. The monoisotopic (exact) mass is 251 g/mol. The number of nitrogens with two attached hydrogens (primary N) is 1. The van der Waals surface area contributed by atoms with Crippen LogP contribution in [0.2, 0.25) is 5.02 Å². The molecule has 0 amide bonds. The molecule has 2 aromatic rings. The molecule has 0 aliphatic carbocycles. The molecule has 1 aromatic carbocycles. The molecule has 92 valence electrons. The average Bonchev–Trinajstić information content (AvgIpc) is 2.68. The van der Waals surface area contributed by atoms with Crippen molar-refractivity contribution in [1.82, 2.24) is 9.55 Å². The second-order valence-electron chi connectivity index (χ2n) is 4.68. The van der Waals surface area contributed by atoms with Gasteiger partial charge in [0.2, 0.25) is 0 Å². The van der Waals surface area contributed by atoms with Crippen molar-refractivity contribution in [3.8, 4) is 0 Å². The average molecular weight is 252 g/mol. The van der Waals surface area contributed by atoms with E-state index < -0.39 is 0 Å². The predicted octanol–water partition coefficient (Wildman–Crippen LogP) is 3.33. The Bertz CT molecular complexity index is 531. The number of hydrogen-bond donors (Lipinski definition) is 1. The molecule has 0 bridgehead atoms. The van der Waals surface area contributed by atoms with Crippen LogP contribution in [0.5, 0.6) is 0 Å². The molecule has 4 heteroatoms. The van der Waals surface area contributed by atoms with E-state index in [1.807, 2.05) is 18.2 Å². The lowest BCUT2D eigenvalue weighted by molar-refractivity contribution is 0.554. The molecular weight excluding hydrogens is 234 g/mol. The first-order valence-electron chi connectivity index (χ1n) is 5.92. The van der Waals surface area contributed by atoms with E-state index in [4.69, 9.17) is 17.3 Å². The van der Waals surface area contributed by atoms with E-state index >= 15 is 0 Å². The Morgan fingerprint density at radius 3 is 2.65 bits per heavy atom. The van der Waals surface area contributed by atoms with Gasteiger partial charge in [0, 0.05) is 18.5 Å². The molecule has 1 heterocycles. The number of fused-ring (bicyclic) bond motifs is 1. The Morgan fingerprint density at radius 2 is 2.06 bits per heavy atom. The fourth-order valence-electron chi connectivity index (χ4n) is 2.10. The molecule has 0 saturated carbocycles. The normalized spacial score (nSPS) is 13.5. The van der Waals surface area contributed by atoms with Gasteiger partial charge in [-0.05, 0) is 26.0 Å². The summed E-state index contributed by atoms with van der Waals surface area (Å²) >= 11 is 6.28. The molecule has 3 nitrogen and oxygen atoms in total. The summed E-state index contributed by atoms with van der Waals surface area (Å²) in [6.07, 6.45) is 0. The zero-order valence-electron chi connectivity index (χ0n) is 10.4. The van der Waals surface area contributed by atoms with Crippen LogP contribution in [-0.4, -0.2) is 16.1 Å². The van der Waals surface area contributed by atoms with Gasteiger partial charge in [-0.1, -0.05) is 24.6 Å². The summed E-state index contributed by atoms with van der Waals surface area (Å²) in [7, 11) is 0. The molecule has 1 atom stereocenters. The van der Waals surface area contributed by atoms with E-state index in [9.17, 15) is 0 Å². The van der Waals surface area contributed by atoms with Gasteiger partial charge in [-0.2, -0.15) is 0 Å². The summed E-state index contributed by atoms with van der Waals surface area (Å²) in [5.74, 6) is 1.26. The van der Waals surface area contributed by atoms with Gasteiger partial charge in [0.25, 0.3) is 0 Å². The molecule has 0 spiro atoms. The summed E-state index contributed by atoms with van der Waals surface area (Å²) < 4.78 is 2.19. The van der Waals surface area contributed by atoms with Crippen molar-refractivity contribution in [2.75, 3.05) is 6.54 Å². The highest BCUT2D eigenvalue weighted by Crippen LogP contribution is 2.30. The lowest BCUT2D eigenvalue weighted by atomic mass is 10.1. The molecule has 0 saturated heterocycles. The van der Waals surface area contributed by atoms with E-state index in [1.54, 1.807) is 0 Å². The fourth-order valence-corrected chi connectivity index (χ4v) is 2.36. The third-order valence-corrected chi connectivity index (χ3v) is 3.30. The number of hydrogen-bond acceptors (Lipinski definition) is 2. The van der Waals surface area contributed by atoms with Crippen molar-refractivity contribution in [2.24, 2.45) is 5.73 Å². The minimum absolute atomic E-state index is 0.237. The van der Waals surface area contributed by atoms with Gasteiger partial charge >= 0.3 is 0 Å². The van der Waals surface area contributed by atoms with Crippen molar-refractivity contribution in [3.05, 3.63) is 29.0 Å². The standard InChI is InChI=1S/C13H18ClN3/c1-8(2)17-12-10(14)5-4-6-11(12)16-13(17)9(3)7-15/h4-6,8-9H,7,15H2,1-3H3. The highest BCUT2D eigenvalue weighted by molar-refractivity contribution is 6.35. The number of halogens is 1. The largest absolute Gasteiger partial charge is 0.330 e. The number of nitrogens with zero attached hydrogens (tertiary/aromatic N) is 2. The van der Waals surface area contributed by atoms with Crippen molar-refractivity contribution in [3.63, 3.8) is 0 Å². The van der Waals surface area contributed by atoms with Crippen LogP contribution in [0.1, 0.15) is 38.6 Å². The minimum Gasteiger partial charge on any atom is -0.330 e. The van der Waals surface area contributed by atoms with Crippen molar-refractivity contribution >= 4 is 22.6 Å². The maximum atomic E-state index is 6.28. The van der Waals surface area contributed by atoms with Crippen LogP contribution >= 0.6 is 11.6 Å². The zero-order valence-corrected chi connectivity index (χ0v) is 11.2. The van der Waals surface area contributed by atoms with Crippen LogP contribution in [-0.2, 0) is 0 Å². The van der Waals surface area contributed by atoms with Crippen LogP contribution in [0.3, 0.4) is 0 Å². The van der Waals surface area contributed by atoms with Gasteiger partial charge in [0.15, 0.2) is 0 Å². The van der Waals surface area contributed by atoms with Crippen LogP contribution in [0, 0.1) is 0 Å². The SMILES string of the molecule is CC(CN)c1nc2cccc(Cl)c2n1C(C)C. The van der Waals surface area contributed by atoms with E-state index in [0.29, 0.717) is 12.6 Å². The number of para-hydroxylation sites is 1. The molecule has 2 rings (SSSR count). The van der Waals surface area contributed by atoms with Gasteiger partial charge in [0.1, 0.15) is 5.82 Å². The predicted molar refractivity (Wildman–Crippen MR) is 72.6 cm³/mol. The van der Waals surface area contributed by atoms with Crippen molar-refractivity contribution < 1.29 is 0 Å². The van der Waals surface area contributed by atoms with Crippen LogP contribution in [0.4, 0.5) is 0 Å². The van der Waals surface area contributed by atoms with Crippen molar-refractivity contribution in [1.29, 1.82) is 0 Å². The molecule has 2 N–H and O–H groups in total. The molecule has 0 aliphatic rings. The van der Waals surface area contributed by atoms with Crippen LogP contribution in [0.25, 0.3) is 11.0 Å². The summed E-state index contributed by atoms with van der Waals surface area (Å²) in [5, 5.41) is 0.749. The maximum absolute atomic E-state index is 6.28. The fraction of sp³-hybridized carbons (Fsp3) is 0.462. The smallest absolute Gasteiger partial charge is 0.114 e. The number of aromatic nitrogens is 2. The van der Waals surface area contributed by atoms with E-state index in [2.05, 4.69) is 30.3 Å². The molecular formula is C13H18ClN3. The Balaban J connectivity index is 2.76. The third-order valence-electron chi connectivity index (χ3n) is 3.00. The molecule has 0 aliphatic heterocycles. The van der Waals surface area contributed by atoms with E-state index in [-0.39, 0.29) is 5.92 Å². The first-order chi connectivity index (χ1) is 8.06. The second-order valence-corrected chi connectivity index (χ2v) is 5.09. The number of rotatable bonds is 3. The summed E-state index contributed by atoms with van der Waals surface area (Å²) in [6.45, 7) is 6.95. The van der Waals surface area contributed by atoms with Crippen LogP contribution < -0.4 is 5.73 Å². The minimum atomic E-state index is 0.237. The van der Waals surface area contributed by atoms with E-state index in [0.717, 1.165) is 21.9 Å². The quantitative estimate of drug-likeness (QED) is 0.909. The van der Waals surface area contributed by atoms with Gasteiger partial charge in [-0.25, -0.2) is 4.98 Å². The molecule has 0 radical (unpaired) electrons. The topological polar surface area (TPSA) is 43.8 Å².